The number of fused-ring (bicyclic) bond motifs is 4. The fraction of sp³-hybridized carbons (Fsp3) is 0.174. The van der Waals surface area contributed by atoms with E-state index in [2.05, 4.69) is 0 Å². The van der Waals surface area contributed by atoms with Crippen LogP contribution in [0.3, 0.4) is 0 Å². The van der Waals surface area contributed by atoms with E-state index in [1.54, 1.807) is 7.11 Å². The average Bonchev–Trinajstić information content (AvgIpc) is 3.07. The first-order valence-electron chi connectivity index (χ1n) is 9.12. The van der Waals surface area contributed by atoms with E-state index in [-0.39, 0.29) is 11.8 Å². The molecule has 0 saturated carbocycles. The molecule has 5 rings (SSSR count). The largest absolute Gasteiger partial charge is 0.332 e. The molecule has 0 aromatic heterocycles. The monoisotopic (exact) mass is 391 g/mol. The number of Topliss-reactive ketones (excluding diaryl/α,β-unsaturated/α-hetero) is 1. The fourth-order valence-corrected chi connectivity index (χ4v) is 4.42. The molecule has 0 unspecified atom stereocenters. The van der Waals surface area contributed by atoms with Crippen LogP contribution in [0.1, 0.15) is 27.5 Å². The van der Waals surface area contributed by atoms with Crippen LogP contribution in [0.25, 0.3) is 0 Å². The van der Waals surface area contributed by atoms with Crippen molar-refractivity contribution in [3.05, 3.63) is 101 Å². The molecule has 4 nitrogen and oxygen atoms in total. The van der Waals surface area contributed by atoms with Gasteiger partial charge in [0.05, 0.1) is 6.04 Å². The maximum atomic E-state index is 13.3. The highest BCUT2D eigenvalue weighted by molar-refractivity contribution is 6.30. The summed E-state index contributed by atoms with van der Waals surface area (Å²) in [6.07, 6.45) is -0.673. The highest BCUT2D eigenvalue weighted by Crippen LogP contribution is 2.54. The van der Waals surface area contributed by atoms with Crippen molar-refractivity contribution in [3.8, 4) is 0 Å². The van der Waals surface area contributed by atoms with Gasteiger partial charge >= 0.3 is 0 Å². The van der Waals surface area contributed by atoms with Gasteiger partial charge in [-0.1, -0.05) is 66.2 Å². The number of ketones is 1. The minimum atomic E-state index is -1.19. The van der Waals surface area contributed by atoms with E-state index < -0.39 is 12.0 Å². The number of nitrogens with zero attached hydrogens (tertiary/aromatic N) is 1. The zero-order valence-electron chi connectivity index (χ0n) is 15.2. The first-order valence-corrected chi connectivity index (χ1v) is 9.50. The molecule has 3 atom stereocenters. The molecule has 0 amide bonds. The van der Waals surface area contributed by atoms with Crippen LogP contribution in [-0.2, 0) is 15.4 Å². The van der Waals surface area contributed by atoms with Gasteiger partial charge in [0.15, 0.2) is 11.9 Å². The third kappa shape index (κ3) is 2.35. The van der Waals surface area contributed by atoms with Crippen molar-refractivity contribution in [1.82, 2.24) is 0 Å². The molecule has 2 bridgehead atoms. The Labute approximate surface area is 168 Å². The van der Waals surface area contributed by atoms with Crippen molar-refractivity contribution in [2.75, 3.05) is 12.0 Å². The van der Waals surface area contributed by atoms with Crippen molar-refractivity contribution >= 4 is 23.1 Å². The summed E-state index contributed by atoms with van der Waals surface area (Å²) < 4.78 is 12.4. The molecule has 28 heavy (non-hydrogen) atoms. The van der Waals surface area contributed by atoms with Gasteiger partial charge in [-0.05, 0) is 29.8 Å². The van der Waals surface area contributed by atoms with Crippen LogP contribution in [0, 0.1) is 0 Å². The SMILES string of the molecule is CO[C@@]12O[C@@H](C(=O)c3ccccc31)[C@H](c1ccccc1)N2c1ccc(Cl)cc1. The Hall–Kier alpha value is -2.66. The van der Waals surface area contributed by atoms with Gasteiger partial charge in [0.25, 0.3) is 5.91 Å². The average molecular weight is 392 g/mol. The standard InChI is InChI=1S/C23H18ClNO3/c1-27-23-19-10-6-5-9-18(19)21(26)22(28-23)20(15-7-3-2-4-8-15)25(23)17-13-11-16(24)12-14-17/h2-14,20,22H,1H3/t20-,22+,23+/m0/s1. The van der Waals surface area contributed by atoms with Gasteiger partial charge in [-0.25, -0.2) is 0 Å². The third-order valence-electron chi connectivity index (χ3n) is 5.48. The van der Waals surface area contributed by atoms with E-state index in [4.69, 9.17) is 21.1 Å². The smallest absolute Gasteiger partial charge is 0.282 e. The van der Waals surface area contributed by atoms with Crippen molar-refractivity contribution in [3.63, 3.8) is 0 Å². The molecule has 5 heteroatoms. The molecule has 2 heterocycles. The first kappa shape index (κ1) is 17.4. The van der Waals surface area contributed by atoms with Crippen LogP contribution in [0.15, 0.2) is 78.9 Å². The van der Waals surface area contributed by atoms with Crippen LogP contribution < -0.4 is 4.90 Å². The molecule has 0 spiro atoms. The normalized spacial score (nSPS) is 25.6. The highest BCUT2D eigenvalue weighted by Gasteiger charge is 2.62. The minimum absolute atomic E-state index is 0.0337. The number of carbonyl (C=O) groups excluding carboxylic acids is 1. The van der Waals surface area contributed by atoms with Gasteiger partial charge in [-0.15, -0.1) is 0 Å². The molecular weight excluding hydrogens is 374 g/mol. The van der Waals surface area contributed by atoms with Crippen LogP contribution in [0.2, 0.25) is 5.02 Å². The molecule has 2 aliphatic rings. The molecule has 0 aliphatic carbocycles. The molecule has 0 radical (unpaired) electrons. The second kappa shape index (κ2) is 6.45. The number of rotatable bonds is 3. The van der Waals surface area contributed by atoms with Crippen LogP contribution >= 0.6 is 11.6 Å². The van der Waals surface area contributed by atoms with E-state index >= 15 is 0 Å². The predicted octanol–water partition coefficient (Wildman–Crippen LogP) is 4.94. The van der Waals surface area contributed by atoms with Crippen LogP contribution in [0.4, 0.5) is 5.69 Å². The van der Waals surface area contributed by atoms with Crippen LogP contribution in [0.5, 0.6) is 0 Å². The predicted molar refractivity (Wildman–Crippen MR) is 107 cm³/mol. The number of benzene rings is 3. The second-order valence-electron chi connectivity index (χ2n) is 6.94. The topological polar surface area (TPSA) is 38.8 Å². The third-order valence-corrected chi connectivity index (χ3v) is 5.73. The maximum Gasteiger partial charge on any atom is 0.282 e. The Morgan fingerprint density at radius 3 is 2.36 bits per heavy atom. The van der Waals surface area contributed by atoms with Gasteiger partial charge in [0.2, 0.25) is 0 Å². The van der Waals surface area contributed by atoms with Crippen molar-refractivity contribution in [1.29, 1.82) is 0 Å². The molecule has 1 saturated heterocycles. The van der Waals surface area contributed by atoms with E-state index in [1.807, 2.05) is 83.8 Å². The molecule has 3 aromatic carbocycles. The molecule has 3 aromatic rings. The number of hydrogen-bond acceptors (Lipinski definition) is 4. The molecule has 0 N–H and O–H groups in total. The van der Waals surface area contributed by atoms with Gasteiger partial charge in [0.1, 0.15) is 0 Å². The second-order valence-corrected chi connectivity index (χ2v) is 7.37. The Morgan fingerprint density at radius 1 is 0.964 bits per heavy atom. The highest BCUT2D eigenvalue weighted by atomic mass is 35.5. The van der Waals surface area contributed by atoms with Gasteiger partial charge in [-0.3, -0.25) is 4.79 Å². The fourth-order valence-electron chi connectivity index (χ4n) is 4.29. The van der Waals surface area contributed by atoms with E-state index in [1.165, 1.54) is 0 Å². The molecule has 140 valence electrons. The van der Waals surface area contributed by atoms with Crippen molar-refractivity contribution in [2.45, 2.75) is 18.1 Å². The number of ether oxygens (including phenoxy) is 2. The Kier molecular flexibility index (Phi) is 4.02. The van der Waals surface area contributed by atoms with Crippen LogP contribution in [-0.4, -0.2) is 19.0 Å². The van der Waals surface area contributed by atoms with E-state index in [0.717, 1.165) is 11.3 Å². The van der Waals surface area contributed by atoms with E-state index in [0.29, 0.717) is 16.1 Å². The van der Waals surface area contributed by atoms with E-state index in [9.17, 15) is 4.79 Å². The summed E-state index contributed by atoms with van der Waals surface area (Å²) in [6, 6.07) is 24.6. The Morgan fingerprint density at radius 2 is 1.64 bits per heavy atom. The lowest BCUT2D eigenvalue weighted by Gasteiger charge is -2.40. The van der Waals surface area contributed by atoms with Crippen molar-refractivity contribution in [2.24, 2.45) is 0 Å². The zero-order chi connectivity index (χ0) is 19.3. The maximum absolute atomic E-state index is 13.3. The molecular formula is C23H18ClNO3. The van der Waals surface area contributed by atoms with Crippen molar-refractivity contribution < 1.29 is 14.3 Å². The molecule has 2 aliphatic heterocycles. The summed E-state index contributed by atoms with van der Waals surface area (Å²) >= 11 is 6.12. The van der Waals surface area contributed by atoms with Gasteiger partial charge in [-0.2, -0.15) is 0 Å². The minimum Gasteiger partial charge on any atom is -0.332 e. The quantitative estimate of drug-likeness (QED) is 0.634. The van der Waals surface area contributed by atoms with Gasteiger partial charge in [0, 0.05) is 28.9 Å². The number of halogens is 1. The number of anilines is 1. The summed E-state index contributed by atoms with van der Waals surface area (Å²) in [7, 11) is 1.61. The van der Waals surface area contributed by atoms with Gasteiger partial charge < -0.3 is 14.4 Å². The summed E-state index contributed by atoms with van der Waals surface area (Å²) in [5.74, 6) is -1.22. The summed E-state index contributed by atoms with van der Waals surface area (Å²) in [6.45, 7) is 0. The number of hydrogen-bond donors (Lipinski definition) is 0. The number of carbonyl (C=O) groups is 1. The summed E-state index contributed by atoms with van der Waals surface area (Å²) in [5, 5.41) is 0.644. The molecule has 1 fully saturated rings. The lowest BCUT2D eigenvalue weighted by atomic mass is 9.93. The number of methoxy groups -OCH3 is 1. The summed E-state index contributed by atoms with van der Waals surface area (Å²) in [4.78, 5) is 15.4. The summed E-state index contributed by atoms with van der Waals surface area (Å²) in [5.41, 5.74) is 3.21. The lowest BCUT2D eigenvalue weighted by Crippen LogP contribution is -2.46. The zero-order valence-corrected chi connectivity index (χ0v) is 16.0. The first-order chi connectivity index (χ1) is 13.7. The lowest BCUT2D eigenvalue weighted by molar-refractivity contribution is -0.215. The Bertz CT molecular complexity index is 1040. The Balaban J connectivity index is 1.79.